The van der Waals surface area contributed by atoms with E-state index in [-0.39, 0.29) is 12.1 Å². The van der Waals surface area contributed by atoms with Crippen molar-refractivity contribution in [2.24, 2.45) is 18.0 Å². The van der Waals surface area contributed by atoms with Gasteiger partial charge >= 0.3 is 6.18 Å². The molecule has 0 spiro atoms. The van der Waals surface area contributed by atoms with E-state index in [0.717, 1.165) is 25.9 Å². The van der Waals surface area contributed by atoms with E-state index < -0.39 is 11.9 Å². The number of hydrogen-bond acceptors (Lipinski definition) is 2. The number of rotatable bonds is 3. The lowest BCUT2D eigenvalue weighted by Crippen LogP contribution is -2.45. The van der Waals surface area contributed by atoms with Gasteiger partial charge < -0.3 is 10.2 Å². The third kappa shape index (κ3) is 4.62. The Labute approximate surface area is 134 Å². The van der Waals surface area contributed by atoms with Crippen LogP contribution < -0.4 is 5.32 Å². The van der Waals surface area contributed by atoms with Crippen LogP contribution >= 0.6 is 0 Å². The van der Waals surface area contributed by atoms with Gasteiger partial charge in [-0.2, -0.15) is 18.3 Å². The molecule has 0 radical (unpaired) electrons. The number of guanidine groups is 1. The molecular weight excluding hydrogens is 307 g/mol. The molecule has 1 aromatic rings. The molecule has 5 nitrogen and oxygen atoms in total. The molecule has 1 aliphatic heterocycles. The van der Waals surface area contributed by atoms with Gasteiger partial charge in [0, 0.05) is 38.4 Å². The summed E-state index contributed by atoms with van der Waals surface area (Å²) in [5, 5.41) is 6.69. The number of aromatic nitrogens is 2. The Morgan fingerprint density at radius 3 is 2.61 bits per heavy atom. The van der Waals surface area contributed by atoms with Gasteiger partial charge in [0.25, 0.3) is 0 Å². The molecule has 1 saturated heterocycles. The van der Waals surface area contributed by atoms with Crippen LogP contribution in [0, 0.1) is 5.92 Å². The van der Waals surface area contributed by atoms with Crippen LogP contribution in [0.25, 0.3) is 0 Å². The smallest absolute Gasteiger partial charge is 0.357 e. The molecule has 0 aliphatic carbocycles. The molecule has 0 aromatic carbocycles. The number of halogens is 3. The van der Waals surface area contributed by atoms with Gasteiger partial charge in [-0.15, -0.1) is 0 Å². The molecular formula is C15H24F3N5. The Bertz CT molecular complexity index is 542. The Morgan fingerprint density at radius 2 is 2.04 bits per heavy atom. The maximum Gasteiger partial charge on any atom is 0.435 e. The highest BCUT2D eigenvalue weighted by atomic mass is 19.4. The molecule has 0 saturated carbocycles. The first kappa shape index (κ1) is 17.6. The number of alkyl halides is 3. The van der Waals surface area contributed by atoms with E-state index in [1.165, 1.54) is 17.9 Å². The summed E-state index contributed by atoms with van der Waals surface area (Å²) in [6.45, 7) is 6.58. The summed E-state index contributed by atoms with van der Waals surface area (Å²) in [6, 6.07) is 0. The minimum Gasteiger partial charge on any atom is -0.357 e. The van der Waals surface area contributed by atoms with Crippen LogP contribution in [0.3, 0.4) is 0 Å². The van der Waals surface area contributed by atoms with Crippen LogP contribution in [-0.4, -0.2) is 40.3 Å². The molecule has 8 heteroatoms. The minimum absolute atomic E-state index is 0.0307. The van der Waals surface area contributed by atoms with Gasteiger partial charge in [-0.3, -0.25) is 4.68 Å². The summed E-state index contributed by atoms with van der Waals surface area (Å²) < 4.78 is 40.1. The zero-order valence-electron chi connectivity index (χ0n) is 13.8. The maximum atomic E-state index is 13.0. The van der Waals surface area contributed by atoms with Crippen molar-refractivity contribution in [3.8, 4) is 0 Å². The quantitative estimate of drug-likeness (QED) is 0.684. The van der Waals surface area contributed by atoms with Gasteiger partial charge in [-0.1, -0.05) is 6.92 Å². The molecule has 0 bridgehead atoms. The van der Waals surface area contributed by atoms with Gasteiger partial charge in [-0.25, -0.2) is 4.99 Å². The fraction of sp³-hybridized carbons (Fsp3) is 0.733. The van der Waals surface area contributed by atoms with E-state index in [0.29, 0.717) is 18.4 Å². The average molecular weight is 331 g/mol. The molecule has 2 rings (SSSR count). The molecule has 1 aromatic heterocycles. The molecule has 0 amide bonds. The highest BCUT2D eigenvalue weighted by Crippen LogP contribution is 2.30. The Balaban J connectivity index is 2.15. The molecule has 0 unspecified atom stereocenters. The van der Waals surface area contributed by atoms with E-state index in [9.17, 15) is 13.2 Å². The van der Waals surface area contributed by atoms with Crippen LogP contribution in [0.5, 0.6) is 0 Å². The third-order valence-electron chi connectivity index (χ3n) is 3.99. The number of piperidine rings is 1. The lowest BCUT2D eigenvalue weighted by Gasteiger charge is -2.33. The predicted molar refractivity (Wildman–Crippen MR) is 83.0 cm³/mol. The molecule has 2 heterocycles. The van der Waals surface area contributed by atoms with Crippen molar-refractivity contribution in [3.63, 3.8) is 0 Å². The number of likely N-dealkylation sites (tertiary alicyclic amines) is 1. The second kappa shape index (κ2) is 7.23. The van der Waals surface area contributed by atoms with Gasteiger partial charge in [-0.05, 0) is 25.7 Å². The number of hydrogen-bond donors (Lipinski definition) is 1. The van der Waals surface area contributed by atoms with E-state index in [1.807, 2.05) is 6.92 Å². The van der Waals surface area contributed by atoms with E-state index in [1.54, 1.807) is 0 Å². The second-order valence-corrected chi connectivity index (χ2v) is 6.01. The number of aliphatic imine (C=N–C) groups is 1. The van der Waals surface area contributed by atoms with Crippen LogP contribution in [0.1, 0.15) is 37.9 Å². The molecule has 130 valence electrons. The lowest BCUT2D eigenvalue weighted by atomic mass is 10.00. The highest BCUT2D eigenvalue weighted by Gasteiger charge is 2.36. The van der Waals surface area contributed by atoms with E-state index in [4.69, 9.17) is 0 Å². The van der Waals surface area contributed by atoms with Gasteiger partial charge in [0.05, 0.1) is 6.54 Å². The van der Waals surface area contributed by atoms with Crippen molar-refractivity contribution in [1.29, 1.82) is 0 Å². The van der Waals surface area contributed by atoms with Gasteiger partial charge in [0.15, 0.2) is 11.7 Å². The summed E-state index contributed by atoms with van der Waals surface area (Å²) in [5.74, 6) is 1.36. The first-order chi connectivity index (χ1) is 10.8. The first-order valence-electron chi connectivity index (χ1n) is 7.94. The number of aryl methyl sites for hydroxylation is 1. The number of nitrogens with zero attached hydrogens (tertiary/aromatic N) is 4. The first-order valence-corrected chi connectivity index (χ1v) is 7.94. The SMILES string of the molecule is CCNC(=NCc1cn(C)nc1C(F)(F)F)N1CCC(C)CC1. The summed E-state index contributed by atoms with van der Waals surface area (Å²) in [5.41, 5.74) is -0.757. The fourth-order valence-corrected chi connectivity index (χ4v) is 2.70. The van der Waals surface area contributed by atoms with Crippen molar-refractivity contribution < 1.29 is 13.2 Å². The lowest BCUT2D eigenvalue weighted by molar-refractivity contribution is -0.142. The van der Waals surface area contributed by atoms with Crippen molar-refractivity contribution in [1.82, 2.24) is 20.0 Å². The maximum absolute atomic E-state index is 13.0. The van der Waals surface area contributed by atoms with Crippen molar-refractivity contribution >= 4 is 5.96 Å². The Kier molecular flexibility index (Phi) is 5.54. The zero-order chi connectivity index (χ0) is 17.0. The Morgan fingerprint density at radius 1 is 1.39 bits per heavy atom. The van der Waals surface area contributed by atoms with Gasteiger partial charge in [0.1, 0.15) is 0 Å². The average Bonchev–Trinajstić information content (AvgIpc) is 2.86. The summed E-state index contributed by atoms with van der Waals surface area (Å²) in [7, 11) is 1.49. The van der Waals surface area contributed by atoms with E-state index >= 15 is 0 Å². The largest absolute Gasteiger partial charge is 0.435 e. The molecule has 1 N–H and O–H groups in total. The summed E-state index contributed by atoms with van der Waals surface area (Å²) in [6.07, 6.45) is -0.921. The fourth-order valence-electron chi connectivity index (χ4n) is 2.70. The standard InChI is InChI=1S/C15H24F3N5/c1-4-19-14(23-7-5-11(2)6-8-23)20-9-12-10-22(3)21-13(12)15(16,17)18/h10-11H,4-9H2,1-3H3,(H,19,20). The zero-order valence-corrected chi connectivity index (χ0v) is 13.8. The van der Waals surface area contributed by atoms with Crippen LogP contribution in [0.15, 0.2) is 11.2 Å². The minimum atomic E-state index is -4.45. The van der Waals surface area contributed by atoms with Crippen LogP contribution in [0.4, 0.5) is 13.2 Å². The van der Waals surface area contributed by atoms with Crippen molar-refractivity contribution in [2.45, 2.75) is 39.4 Å². The van der Waals surface area contributed by atoms with E-state index in [2.05, 4.69) is 27.2 Å². The normalized spacial score (nSPS) is 17.7. The highest BCUT2D eigenvalue weighted by molar-refractivity contribution is 5.80. The third-order valence-corrected chi connectivity index (χ3v) is 3.99. The molecule has 0 atom stereocenters. The molecule has 1 aliphatic rings. The van der Waals surface area contributed by atoms with Gasteiger partial charge in [0.2, 0.25) is 0 Å². The second-order valence-electron chi connectivity index (χ2n) is 6.01. The summed E-state index contributed by atoms with van der Waals surface area (Å²) >= 11 is 0. The van der Waals surface area contributed by atoms with Crippen molar-refractivity contribution in [2.75, 3.05) is 19.6 Å². The predicted octanol–water partition coefficient (Wildman–Crippen LogP) is 2.64. The number of nitrogens with one attached hydrogen (secondary N) is 1. The molecule has 1 fully saturated rings. The topological polar surface area (TPSA) is 45.5 Å². The Hall–Kier alpha value is -1.73. The summed E-state index contributed by atoms with van der Waals surface area (Å²) in [4.78, 5) is 6.52. The van der Waals surface area contributed by atoms with Crippen molar-refractivity contribution in [3.05, 3.63) is 17.5 Å². The monoisotopic (exact) mass is 331 g/mol. The molecule has 23 heavy (non-hydrogen) atoms. The van der Waals surface area contributed by atoms with Crippen LogP contribution in [0.2, 0.25) is 0 Å². The van der Waals surface area contributed by atoms with Crippen LogP contribution in [-0.2, 0) is 19.8 Å².